The normalized spacial score (nSPS) is 17.8. The van der Waals surface area contributed by atoms with Gasteiger partial charge in [-0.25, -0.2) is 12.8 Å². The number of nitrogens with one attached hydrogen (secondary N) is 1. The van der Waals surface area contributed by atoms with Crippen LogP contribution >= 0.6 is 11.6 Å². The molecule has 4 rings (SSSR count). The predicted molar refractivity (Wildman–Crippen MR) is 121 cm³/mol. The number of fused-ring (bicyclic) bond motifs is 1. The van der Waals surface area contributed by atoms with Gasteiger partial charge in [0.2, 0.25) is 0 Å². The number of nitrogens with zero attached hydrogens (tertiary/aromatic N) is 3. The summed E-state index contributed by atoms with van der Waals surface area (Å²) in [7, 11) is -3.80. The first-order valence-electron chi connectivity index (χ1n) is 10.0. The van der Waals surface area contributed by atoms with Gasteiger partial charge in [-0.15, -0.1) is 5.10 Å². The summed E-state index contributed by atoms with van der Waals surface area (Å²) in [4.78, 5) is 1.71. The summed E-state index contributed by atoms with van der Waals surface area (Å²) >= 11 is 5.98. The summed E-state index contributed by atoms with van der Waals surface area (Å²) in [5.74, 6) is -1.10. The summed E-state index contributed by atoms with van der Waals surface area (Å²) in [5.41, 5.74) is 7.36. The molecule has 1 aliphatic rings. The Bertz CT molecular complexity index is 1230. The van der Waals surface area contributed by atoms with Crippen LogP contribution in [0.25, 0.3) is 11.5 Å². The molecule has 1 aromatic heterocycles. The number of nitrogens with two attached hydrogens (primary N) is 1. The van der Waals surface area contributed by atoms with Crippen LogP contribution in [0.5, 0.6) is 0 Å². The summed E-state index contributed by atoms with van der Waals surface area (Å²) in [6.45, 7) is 4.43. The van der Waals surface area contributed by atoms with Crippen molar-refractivity contribution in [1.82, 2.24) is 10.2 Å². The van der Waals surface area contributed by atoms with Crippen LogP contribution < -0.4 is 16.0 Å². The second kappa shape index (κ2) is 8.68. The van der Waals surface area contributed by atoms with Crippen LogP contribution in [0.3, 0.4) is 0 Å². The molecule has 0 radical (unpaired) electrons. The van der Waals surface area contributed by atoms with E-state index in [9.17, 15) is 8.42 Å². The highest BCUT2D eigenvalue weighted by molar-refractivity contribution is 7.91. The molecule has 3 aromatic rings. The molecule has 2 aromatic carbocycles. The fourth-order valence-electron chi connectivity index (χ4n) is 3.61. The maximum Gasteiger partial charge on any atom is 0.315 e. The van der Waals surface area contributed by atoms with Crippen LogP contribution in [0.15, 0.2) is 45.7 Å². The third kappa shape index (κ3) is 4.72. The zero-order chi connectivity index (χ0) is 23.0. The molecule has 8 nitrogen and oxygen atoms in total. The average molecular weight is 480 g/mol. The zero-order valence-corrected chi connectivity index (χ0v) is 19.1. The Hall–Kier alpha value is -2.69. The van der Waals surface area contributed by atoms with Crippen LogP contribution in [0.1, 0.15) is 19.4 Å². The molecule has 3 N–H and O–H groups in total. The topological polar surface area (TPSA) is 114 Å². The Morgan fingerprint density at radius 1 is 1.28 bits per heavy atom. The van der Waals surface area contributed by atoms with Crippen LogP contribution in [-0.4, -0.2) is 43.0 Å². The second-order valence-electron chi connectivity index (χ2n) is 8.06. The second-order valence-corrected chi connectivity index (χ2v) is 10.5. The third-order valence-electron chi connectivity index (χ3n) is 4.97. The molecule has 1 atom stereocenters. The fraction of sp³-hybridized carbons (Fsp3) is 0.333. The lowest BCUT2D eigenvalue weighted by molar-refractivity contribution is 0.561. The molecule has 0 saturated carbocycles. The summed E-state index contributed by atoms with van der Waals surface area (Å²) in [6, 6.07) is 9.19. The van der Waals surface area contributed by atoms with Gasteiger partial charge in [0.05, 0.1) is 21.9 Å². The van der Waals surface area contributed by atoms with E-state index in [2.05, 4.69) is 15.5 Å². The first kappa shape index (κ1) is 22.5. The predicted octanol–water partition coefficient (Wildman–Crippen LogP) is 3.47. The minimum atomic E-state index is -3.80. The number of sulfone groups is 1. The molecule has 0 bridgehead atoms. The number of benzene rings is 2. The summed E-state index contributed by atoms with van der Waals surface area (Å²) in [6.07, 6.45) is 0. The molecule has 1 aliphatic heterocycles. The van der Waals surface area contributed by atoms with Gasteiger partial charge < -0.3 is 20.4 Å². The maximum absolute atomic E-state index is 15.0. The summed E-state index contributed by atoms with van der Waals surface area (Å²) < 4.78 is 46.4. The first-order chi connectivity index (χ1) is 15.1. The lowest BCUT2D eigenvalue weighted by Gasteiger charge is -2.26. The lowest BCUT2D eigenvalue weighted by atomic mass is 10.1. The van der Waals surface area contributed by atoms with E-state index >= 15 is 4.39 Å². The van der Waals surface area contributed by atoms with Crippen molar-refractivity contribution >= 4 is 33.1 Å². The maximum atomic E-state index is 15.0. The molecule has 0 saturated heterocycles. The van der Waals surface area contributed by atoms with E-state index in [1.165, 1.54) is 6.07 Å². The molecule has 11 heteroatoms. The lowest BCUT2D eigenvalue weighted by Crippen LogP contribution is -2.39. The number of rotatable bonds is 5. The summed E-state index contributed by atoms with van der Waals surface area (Å²) in [5, 5.41) is 11.3. The van der Waals surface area contributed by atoms with Gasteiger partial charge in [0.15, 0.2) is 9.84 Å². The molecule has 32 heavy (non-hydrogen) atoms. The molecule has 2 heterocycles. The number of hydrogen-bond acceptors (Lipinski definition) is 8. The minimum Gasteiger partial charge on any atom is -0.403 e. The highest BCUT2D eigenvalue weighted by atomic mass is 35.5. The SMILES string of the molecule is CC(C)Nc1nnc(-c2cc3c(cc2F)S(=O)(=O)C[C@H](N)CN3Cc2ccc(Cl)cc2)o1. The molecule has 0 aliphatic carbocycles. The van der Waals surface area contributed by atoms with E-state index < -0.39 is 21.7 Å². The van der Waals surface area contributed by atoms with Gasteiger partial charge >= 0.3 is 6.01 Å². The van der Waals surface area contributed by atoms with Gasteiger partial charge in [-0.3, -0.25) is 0 Å². The van der Waals surface area contributed by atoms with E-state index in [4.69, 9.17) is 21.8 Å². The Balaban J connectivity index is 1.80. The minimum absolute atomic E-state index is 0.0137. The van der Waals surface area contributed by atoms with Gasteiger partial charge in [0.1, 0.15) is 5.82 Å². The van der Waals surface area contributed by atoms with Gasteiger partial charge in [0.25, 0.3) is 5.89 Å². The van der Waals surface area contributed by atoms with Crippen molar-refractivity contribution < 1.29 is 17.2 Å². The van der Waals surface area contributed by atoms with Crippen LogP contribution in [0.2, 0.25) is 5.02 Å². The average Bonchev–Trinajstić information content (AvgIpc) is 3.12. The van der Waals surface area contributed by atoms with Crippen LogP contribution in [0.4, 0.5) is 16.1 Å². The van der Waals surface area contributed by atoms with Crippen molar-refractivity contribution in [1.29, 1.82) is 0 Å². The monoisotopic (exact) mass is 479 g/mol. The van der Waals surface area contributed by atoms with Crippen molar-refractivity contribution in [3.05, 3.63) is 52.8 Å². The van der Waals surface area contributed by atoms with Crippen molar-refractivity contribution in [2.75, 3.05) is 22.5 Å². The molecule has 0 unspecified atom stereocenters. The molecule has 0 fully saturated rings. The Labute approximate surface area is 190 Å². The van der Waals surface area contributed by atoms with Crippen molar-refractivity contribution in [2.24, 2.45) is 5.73 Å². The number of halogens is 2. The molecular formula is C21H23ClFN5O3S. The number of aromatic nitrogens is 2. The van der Waals surface area contributed by atoms with E-state index in [1.54, 1.807) is 12.1 Å². The number of anilines is 2. The molecule has 170 valence electrons. The Morgan fingerprint density at radius 3 is 2.69 bits per heavy atom. The first-order valence-corrected chi connectivity index (χ1v) is 12.1. The van der Waals surface area contributed by atoms with E-state index in [1.807, 2.05) is 30.9 Å². The van der Waals surface area contributed by atoms with E-state index in [-0.39, 0.29) is 40.7 Å². The van der Waals surface area contributed by atoms with Crippen LogP contribution in [-0.2, 0) is 16.4 Å². The third-order valence-corrected chi connectivity index (χ3v) is 7.08. The fourth-order valence-corrected chi connectivity index (χ4v) is 5.37. The van der Waals surface area contributed by atoms with Gasteiger partial charge in [-0.1, -0.05) is 28.8 Å². The van der Waals surface area contributed by atoms with E-state index in [0.717, 1.165) is 11.6 Å². The largest absolute Gasteiger partial charge is 0.403 e. The van der Waals surface area contributed by atoms with Crippen molar-refractivity contribution in [3.8, 4) is 11.5 Å². The van der Waals surface area contributed by atoms with Gasteiger partial charge in [-0.05, 0) is 43.7 Å². The Morgan fingerprint density at radius 2 is 2.00 bits per heavy atom. The highest BCUT2D eigenvalue weighted by Crippen LogP contribution is 2.36. The van der Waals surface area contributed by atoms with E-state index in [0.29, 0.717) is 17.3 Å². The molecular weight excluding hydrogens is 457 g/mol. The zero-order valence-electron chi connectivity index (χ0n) is 17.5. The van der Waals surface area contributed by atoms with Gasteiger partial charge in [0, 0.05) is 30.2 Å². The molecule has 0 amide bonds. The quantitative estimate of drug-likeness (QED) is 0.571. The highest BCUT2D eigenvalue weighted by Gasteiger charge is 2.32. The smallest absolute Gasteiger partial charge is 0.315 e. The van der Waals surface area contributed by atoms with Crippen molar-refractivity contribution in [3.63, 3.8) is 0 Å². The standard InChI is InChI=1S/C21H23ClFN5O3S/c1-12(2)25-21-27-26-20(31-21)16-7-18-19(8-17(16)23)32(29,30)11-15(24)10-28(18)9-13-3-5-14(22)6-4-13/h3-8,12,15H,9-11,24H2,1-2H3,(H,25,27)/t15-/m1/s1. The van der Waals surface area contributed by atoms with Gasteiger partial charge in [-0.2, -0.15) is 0 Å². The van der Waals surface area contributed by atoms with Crippen LogP contribution in [0, 0.1) is 5.82 Å². The molecule has 0 spiro atoms. The number of hydrogen-bond donors (Lipinski definition) is 2. The Kier molecular flexibility index (Phi) is 6.11. The van der Waals surface area contributed by atoms with Crippen molar-refractivity contribution in [2.45, 2.75) is 37.4 Å².